The van der Waals surface area contributed by atoms with Crippen molar-refractivity contribution in [2.45, 2.75) is 51.8 Å². The maximum absolute atomic E-state index is 14.1. The number of nitrogens with one attached hydrogen (secondary N) is 1. The second-order valence-electron chi connectivity index (χ2n) is 7.03. The minimum absolute atomic E-state index is 0.0424. The van der Waals surface area contributed by atoms with Gasteiger partial charge in [0.25, 0.3) is 0 Å². The number of carbonyl (C=O) groups is 1. The average Bonchev–Trinajstić information content (AvgIpc) is 2.83. The predicted octanol–water partition coefficient (Wildman–Crippen LogP) is 4.44. The topological polar surface area (TPSA) is 43.3 Å². The first-order valence-electron chi connectivity index (χ1n) is 7.63. The molecule has 0 saturated carbocycles. The van der Waals surface area contributed by atoms with Crippen molar-refractivity contribution in [3.63, 3.8) is 0 Å². The standard InChI is InChI=1S/C17H20ClFN2O2/c1-9-11-7-12(19)14(18)10-5-6-21(15(10)11)8-13(9)20-16(22)23-17(2,3)4/h5-7,9,13H,8H2,1-4H3,(H,20,22)/t9-,13?/m0/s1. The molecule has 0 aliphatic carbocycles. The van der Waals surface area contributed by atoms with Crippen LogP contribution in [0.2, 0.25) is 5.02 Å². The zero-order valence-corrected chi connectivity index (χ0v) is 14.4. The normalized spacial score (nSPS) is 20.6. The number of benzene rings is 1. The Morgan fingerprint density at radius 3 is 2.83 bits per heavy atom. The molecule has 6 heteroatoms. The summed E-state index contributed by atoms with van der Waals surface area (Å²) in [4.78, 5) is 12.0. The molecule has 1 amide bonds. The van der Waals surface area contributed by atoms with E-state index in [9.17, 15) is 9.18 Å². The van der Waals surface area contributed by atoms with Crippen LogP contribution in [-0.4, -0.2) is 22.3 Å². The third-order valence-corrected chi connectivity index (χ3v) is 4.54. The largest absolute Gasteiger partial charge is 0.444 e. The summed E-state index contributed by atoms with van der Waals surface area (Å²) in [5.41, 5.74) is 1.23. The number of halogens is 2. The molecular formula is C17H20ClFN2O2. The first-order chi connectivity index (χ1) is 10.7. The van der Waals surface area contributed by atoms with E-state index >= 15 is 0 Å². The van der Waals surface area contributed by atoms with Gasteiger partial charge in [0.2, 0.25) is 0 Å². The molecule has 1 aliphatic heterocycles. The summed E-state index contributed by atoms with van der Waals surface area (Å²) in [7, 11) is 0. The lowest BCUT2D eigenvalue weighted by Crippen LogP contribution is -2.45. The van der Waals surface area contributed by atoms with E-state index in [-0.39, 0.29) is 17.0 Å². The Kier molecular flexibility index (Phi) is 3.79. The van der Waals surface area contributed by atoms with Gasteiger partial charge in [0.1, 0.15) is 11.4 Å². The van der Waals surface area contributed by atoms with E-state index in [2.05, 4.69) is 5.32 Å². The summed E-state index contributed by atoms with van der Waals surface area (Å²) < 4.78 is 21.4. The fourth-order valence-electron chi connectivity index (χ4n) is 3.08. The minimum Gasteiger partial charge on any atom is -0.444 e. The lowest BCUT2D eigenvalue weighted by Gasteiger charge is -2.32. The second-order valence-corrected chi connectivity index (χ2v) is 7.41. The maximum Gasteiger partial charge on any atom is 0.407 e. The van der Waals surface area contributed by atoms with Gasteiger partial charge in [0.15, 0.2) is 0 Å². The lowest BCUT2D eigenvalue weighted by molar-refractivity contribution is 0.0491. The zero-order chi connectivity index (χ0) is 16.9. The second kappa shape index (κ2) is 5.41. The molecule has 1 aromatic heterocycles. The maximum atomic E-state index is 14.1. The first kappa shape index (κ1) is 16.1. The summed E-state index contributed by atoms with van der Waals surface area (Å²) >= 11 is 6.06. The molecule has 0 bridgehead atoms. The molecule has 0 fully saturated rings. The molecule has 1 N–H and O–H groups in total. The van der Waals surface area contributed by atoms with Gasteiger partial charge in [-0.3, -0.25) is 0 Å². The molecule has 0 spiro atoms. The summed E-state index contributed by atoms with van der Waals surface area (Å²) in [6, 6.07) is 3.11. The number of hydrogen-bond donors (Lipinski definition) is 1. The van der Waals surface area contributed by atoms with Crippen LogP contribution < -0.4 is 5.32 Å². The van der Waals surface area contributed by atoms with Gasteiger partial charge in [0.05, 0.1) is 16.6 Å². The van der Waals surface area contributed by atoms with Crippen LogP contribution in [0.5, 0.6) is 0 Å². The third-order valence-electron chi connectivity index (χ3n) is 4.15. The van der Waals surface area contributed by atoms with Crippen molar-refractivity contribution in [3.05, 3.63) is 34.7 Å². The van der Waals surface area contributed by atoms with Crippen LogP contribution in [0.4, 0.5) is 9.18 Å². The first-order valence-corrected chi connectivity index (χ1v) is 8.01. The third kappa shape index (κ3) is 2.90. The molecule has 2 heterocycles. The Morgan fingerprint density at radius 1 is 1.48 bits per heavy atom. The summed E-state index contributed by atoms with van der Waals surface area (Å²) in [6.45, 7) is 8.02. The Bertz CT molecular complexity index is 779. The van der Waals surface area contributed by atoms with Gasteiger partial charge in [0, 0.05) is 24.0 Å². The van der Waals surface area contributed by atoms with E-state index in [1.165, 1.54) is 6.07 Å². The van der Waals surface area contributed by atoms with Crippen LogP contribution in [0.25, 0.3) is 10.9 Å². The van der Waals surface area contributed by atoms with E-state index in [1.54, 1.807) is 0 Å². The minimum atomic E-state index is -0.555. The van der Waals surface area contributed by atoms with Crippen molar-refractivity contribution in [2.75, 3.05) is 0 Å². The average molecular weight is 339 g/mol. The fourth-order valence-corrected chi connectivity index (χ4v) is 3.29. The van der Waals surface area contributed by atoms with Gasteiger partial charge in [-0.15, -0.1) is 0 Å². The van der Waals surface area contributed by atoms with Crippen molar-refractivity contribution in [1.82, 2.24) is 9.88 Å². The van der Waals surface area contributed by atoms with Gasteiger partial charge in [-0.1, -0.05) is 18.5 Å². The van der Waals surface area contributed by atoms with Crippen LogP contribution in [0.15, 0.2) is 18.3 Å². The number of rotatable bonds is 1. The molecule has 3 rings (SSSR count). The molecule has 2 aromatic rings. The summed E-state index contributed by atoms with van der Waals surface area (Å²) in [5.74, 6) is -0.476. The van der Waals surface area contributed by atoms with E-state index in [4.69, 9.17) is 16.3 Å². The highest BCUT2D eigenvalue weighted by Gasteiger charge is 2.31. The number of hydrogen-bond acceptors (Lipinski definition) is 2. The number of ether oxygens (including phenoxy) is 1. The van der Waals surface area contributed by atoms with Crippen molar-refractivity contribution < 1.29 is 13.9 Å². The molecule has 1 aromatic carbocycles. The van der Waals surface area contributed by atoms with Gasteiger partial charge in [-0.05, 0) is 38.5 Å². The highest BCUT2D eigenvalue weighted by atomic mass is 35.5. The summed E-state index contributed by atoms with van der Waals surface area (Å²) in [5, 5.41) is 3.75. The quantitative estimate of drug-likeness (QED) is 0.835. The van der Waals surface area contributed by atoms with Crippen molar-refractivity contribution in [2.24, 2.45) is 0 Å². The van der Waals surface area contributed by atoms with Crippen molar-refractivity contribution in [1.29, 1.82) is 0 Å². The Labute approximate surface area is 139 Å². The lowest BCUT2D eigenvalue weighted by atomic mass is 9.89. The van der Waals surface area contributed by atoms with Gasteiger partial charge >= 0.3 is 6.09 Å². The Morgan fingerprint density at radius 2 is 2.17 bits per heavy atom. The molecule has 4 nitrogen and oxygen atoms in total. The number of aromatic nitrogens is 1. The van der Waals surface area contributed by atoms with E-state index in [0.29, 0.717) is 11.9 Å². The zero-order valence-electron chi connectivity index (χ0n) is 13.6. The Balaban J connectivity index is 1.91. The van der Waals surface area contributed by atoms with Crippen LogP contribution in [0.3, 0.4) is 0 Å². The van der Waals surface area contributed by atoms with Crippen LogP contribution in [0, 0.1) is 5.82 Å². The number of carbonyl (C=O) groups excluding carboxylic acids is 1. The van der Waals surface area contributed by atoms with Crippen LogP contribution in [0.1, 0.15) is 39.2 Å². The summed E-state index contributed by atoms with van der Waals surface area (Å²) in [6.07, 6.45) is 1.41. The van der Waals surface area contributed by atoms with E-state index in [0.717, 1.165) is 11.1 Å². The van der Waals surface area contributed by atoms with Gasteiger partial charge < -0.3 is 14.6 Å². The Hall–Kier alpha value is -1.75. The van der Waals surface area contributed by atoms with Gasteiger partial charge in [-0.2, -0.15) is 0 Å². The number of nitrogens with zero attached hydrogens (tertiary/aromatic N) is 1. The van der Waals surface area contributed by atoms with Crippen molar-refractivity contribution in [3.8, 4) is 0 Å². The van der Waals surface area contributed by atoms with E-state index in [1.807, 2.05) is 44.5 Å². The molecular weight excluding hydrogens is 319 g/mol. The smallest absolute Gasteiger partial charge is 0.407 e. The molecule has 2 atom stereocenters. The molecule has 23 heavy (non-hydrogen) atoms. The molecule has 124 valence electrons. The van der Waals surface area contributed by atoms with Crippen molar-refractivity contribution >= 4 is 28.6 Å². The molecule has 1 unspecified atom stereocenters. The molecule has 1 aliphatic rings. The monoisotopic (exact) mass is 338 g/mol. The van der Waals surface area contributed by atoms with Crippen LogP contribution >= 0.6 is 11.6 Å². The highest BCUT2D eigenvalue weighted by Crippen LogP contribution is 2.38. The van der Waals surface area contributed by atoms with E-state index < -0.39 is 17.5 Å². The van der Waals surface area contributed by atoms with Crippen LogP contribution in [-0.2, 0) is 11.3 Å². The predicted molar refractivity (Wildman–Crippen MR) is 88.5 cm³/mol. The number of amides is 1. The fraction of sp³-hybridized carbons (Fsp3) is 0.471. The molecule has 0 saturated heterocycles. The SMILES string of the molecule is C[C@H]1c2cc(F)c(Cl)c3ccn(c23)CC1NC(=O)OC(C)(C)C. The van der Waals surface area contributed by atoms with Gasteiger partial charge in [-0.25, -0.2) is 9.18 Å². The molecule has 0 radical (unpaired) electrons. The number of alkyl carbamates (subject to hydrolysis) is 1. The highest BCUT2D eigenvalue weighted by molar-refractivity contribution is 6.35.